The molecule has 130 valence electrons. The van der Waals surface area contributed by atoms with Crippen LogP contribution in [0.2, 0.25) is 0 Å². The second-order valence-electron chi connectivity index (χ2n) is 6.50. The standard InChI is InChI=1S/C20H18N4O2/c1-12-5-4-6-14(9-12)21-19(25)16-10-15-18(23(16)3)22-17-8-7-13(2)11-24(17)20(15)26/h4-11H,1-3H3,(H,21,25). The van der Waals surface area contributed by atoms with E-state index in [4.69, 9.17) is 0 Å². The highest BCUT2D eigenvalue weighted by Crippen LogP contribution is 2.17. The maximum Gasteiger partial charge on any atom is 0.272 e. The van der Waals surface area contributed by atoms with E-state index in [1.807, 2.05) is 44.2 Å². The Morgan fingerprint density at radius 3 is 2.65 bits per heavy atom. The Balaban J connectivity index is 1.84. The number of carbonyl (C=O) groups excluding carboxylic acids is 1. The number of nitrogens with one attached hydrogen (secondary N) is 1. The number of benzene rings is 1. The van der Waals surface area contributed by atoms with Gasteiger partial charge in [-0.2, -0.15) is 0 Å². The van der Waals surface area contributed by atoms with Crippen molar-refractivity contribution in [1.82, 2.24) is 14.0 Å². The molecule has 26 heavy (non-hydrogen) atoms. The summed E-state index contributed by atoms with van der Waals surface area (Å²) in [4.78, 5) is 30.1. The molecule has 4 aromatic rings. The first-order chi connectivity index (χ1) is 12.4. The van der Waals surface area contributed by atoms with Gasteiger partial charge in [-0.3, -0.25) is 14.0 Å². The van der Waals surface area contributed by atoms with Gasteiger partial charge in [0.05, 0.1) is 5.39 Å². The van der Waals surface area contributed by atoms with E-state index < -0.39 is 0 Å². The van der Waals surface area contributed by atoms with Crippen molar-refractivity contribution in [3.05, 3.63) is 75.8 Å². The van der Waals surface area contributed by atoms with E-state index in [1.54, 1.807) is 29.9 Å². The van der Waals surface area contributed by atoms with Crippen molar-refractivity contribution in [3.63, 3.8) is 0 Å². The average Bonchev–Trinajstić information content (AvgIpc) is 2.93. The van der Waals surface area contributed by atoms with Gasteiger partial charge in [-0.15, -0.1) is 0 Å². The van der Waals surface area contributed by atoms with Gasteiger partial charge in [-0.05, 0) is 49.2 Å². The first-order valence-corrected chi connectivity index (χ1v) is 8.30. The van der Waals surface area contributed by atoms with Crippen LogP contribution in [0.4, 0.5) is 5.69 Å². The van der Waals surface area contributed by atoms with E-state index >= 15 is 0 Å². The summed E-state index contributed by atoms with van der Waals surface area (Å²) in [5.74, 6) is -0.277. The van der Waals surface area contributed by atoms with Crippen LogP contribution in [0.1, 0.15) is 21.6 Å². The monoisotopic (exact) mass is 346 g/mol. The number of nitrogens with zero attached hydrogens (tertiary/aromatic N) is 3. The van der Waals surface area contributed by atoms with Crippen molar-refractivity contribution in [2.45, 2.75) is 13.8 Å². The molecule has 0 aliphatic carbocycles. The zero-order chi connectivity index (χ0) is 18.4. The molecule has 1 aromatic carbocycles. The molecule has 0 fully saturated rings. The first kappa shape index (κ1) is 16.1. The number of carbonyl (C=O) groups is 1. The van der Waals surface area contributed by atoms with Gasteiger partial charge in [0.15, 0.2) is 0 Å². The number of hydrogen-bond donors (Lipinski definition) is 1. The van der Waals surface area contributed by atoms with Gasteiger partial charge in [0, 0.05) is 18.9 Å². The Hall–Kier alpha value is -3.41. The van der Waals surface area contributed by atoms with E-state index in [9.17, 15) is 9.59 Å². The van der Waals surface area contributed by atoms with Crippen LogP contribution >= 0.6 is 0 Å². The SMILES string of the molecule is Cc1cccc(NC(=O)c2cc3c(=O)n4cc(C)ccc4nc3n2C)c1. The van der Waals surface area contributed by atoms with Crippen molar-refractivity contribution < 1.29 is 4.79 Å². The van der Waals surface area contributed by atoms with Crippen LogP contribution in [0.5, 0.6) is 0 Å². The molecular formula is C20H18N4O2. The second kappa shape index (κ2) is 5.84. The first-order valence-electron chi connectivity index (χ1n) is 8.30. The lowest BCUT2D eigenvalue weighted by Crippen LogP contribution is -2.16. The number of fused-ring (bicyclic) bond motifs is 2. The summed E-state index contributed by atoms with van der Waals surface area (Å²) >= 11 is 0. The number of aromatic nitrogens is 3. The third kappa shape index (κ3) is 2.56. The van der Waals surface area contributed by atoms with Crippen molar-refractivity contribution in [2.24, 2.45) is 7.05 Å². The minimum Gasteiger partial charge on any atom is -0.324 e. The van der Waals surface area contributed by atoms with Crippen LogP contribution < -0.4 is 10.9 Å². The molecular weight excluding hydrogens is 328 g/mol. The molecule has 0 unspecified atom stereocenters. The van der Waals surface area contributed by atoms with E-state index in [0.717, 1.165) is 11.1 Å². The molecule has 1 N–H and O–H groups in total. The van der Waals surface area contributed by atoms with E-state index in [2.05, 4.69) is 10.3 Å². The van der Waals surface area contributed by atoms with Crippen LogP contribution in [0, 0.1) is 13.8 Å². The summed E-state index contributed by atoms with van der Waals surface area (Å²) in [5, 5.41) is 3.30. The highest BCUT2D eigenvalue weighted by Gasteiger charge is 2.18. The largest absolute Gasteiger partial charge is 0.324 e. The molecule has 0 aliphatic rings. The molecule has 1 amide bonds. The summed E-state index contributed by atoms with van der Waals surface area (Å²) in [7, 11) is 1.74. The quantitative estimate of drug-likeness (QED) is 0.606. The minimum absolute atomic E-state index is 0.182. The lowest BCUT2D eigenvalue weighted by Gasteiger charge is -2.07. The lowest BCUT2D eigenvalue weighted by atomic mass is 10.2. The Labute approximate surface area is 149 Å². The van der Waals surface area contributed by atoms with Crippen LogP contribution in [0.25, 0.3) is 16.7 Å². The average molecular weight is 346 g/mol. The maximum absolute atomic E-state index is 12.8. The molecule has 6 nitrogen and oxygen atoms in total. The van der Waals surface area contributed by atoms with Gasteiger partial charge < -0.3 is 9.88 Å². The predicted octanol–water partition coefficient (Wildman–Crippen LogP) is 3.06. The number of pyridine rings is 1. The summed E-state index contributed by atoms with van der Waals surface area (Å²) in [6.07, 6.45) is 1.75. The Kier molecular flexibility index (Phi) is 3.61. The fourth-order valence-electron chi connectivity index (χ4n) is 3.11. The molecule has 0 radical (unpaired) electrons. The van der Waals surface area contributed by atoms with E-state index in [1.165, 1.54) is 4.40 Å². The minimum atomic E-state index is -0.277. The fraction of sp³-hybridized carbons (Fsp3) is 0.150. The molecule has 6 heteroatoms. The van der Waals surface area contributed by atoms with Crippen molar-refractivity contribution >= 4 is 28.3 Å². The molecule has 3 aromatic heterocycles. The second-order valence-corrected chi connectivity index (χ2v) is 6.50. The van der Waals surface area contributed by atoms with Gasteiger partial charge >= 0.3 is 0 Å². The zero-order valence-corrected chi connectivity index (χ0v) is 14.8. The molecule has 0 aliphatic heterocycles. The summed E-state index contributed by atoms with van der Waals surface area (Å²) < 4.78 is 3.17. The maximum atomic E-state index is 12.8. The Bertz CT molecular complexity index is 1230. The van der Waals surface area contributed by atoms with Crippen LogP contribution in [-0.2, 0) is 7.05 Å². The number of aryl methyl sites for hydroxylation is 3. The molecule has 0 atom stereocenters. The van der Waals surface area contributed by atoms with Gasteiger partial charge in [0.1, 0.15) is 17.0 Å². The van der Waals surface area contributed by atoms with E-state index in [0.29, 0.717) is 28.1 Å². The Morgan fingerprint density at radius 1 is 1.08 bits per heavy atom. The molecule has 0 saturated carbocycles. The zero-order valence-electron chi connectivity index (χ0n) is 14.8. The van der Waals surface area contributed by atoms with Crippen molar-refractivity contribution in [2.75, 3.05) is 5.32 Å². The molecule has 0 spiro atoms. The van der Waals surface area contributed by atoms with Crippen molar-refractivity contribution in [1.29, 1.82) is 0 Å². The van der Waals surface area contributed by atoms with Gasteiger partial charge in [-0.1, -0.05) is 18.2 Å². The normalized spacial score (nSPS) is 11.2. The Morgan fingerprint density at radius 2 is 1.88 bits per heavy atom. The topological polar surface area (TPSA) is 68.4 Å². The third-order valence-electron chi connectivity index (χ3n) is 4.45. The van der Waals surface area contributed by atoms with Gasteiger partial charge in [-0.25, -0.2) is 4.98 Å². The third-order valence-corrected chi connectivity index (χ3v) is 4.45. The number of hydrogen-bond acceptors (Lipinski definition) is 3. The molecule has 4 rings (SSSR count). The van der Waals surface area contributed by atoms with Crippen LogP contribution in [-0.4, -0.2) is 19.9 Å². The predicted molar refractivity (Wildman–Crippen MR) is 102 cm³/mol. The fourth-order valence-corrected chi connectivity index (χ4v) is 3.11. The lowest BCUT2D eigenvalue weighted by molar-refractivity contribution is 0.101. The highest BCUT2D eigenvalue weighted by molar-refractivity contribution is 6.06. The van der Waals surface area contributed by atoms with Crippen LogP contribution in [0.3, 0.4) is 0 Å². The van der Waals surface area contributed by atoms with Gasteiger partial charge in [0.2, 0.25) is 0 Å². The molecule has 3 heterocycles. The summed E-state index contributed by atoms with van der Waals surface area (Å²) in [5.41, 5.74) is 3.99. The van der Waals surface area contributed by atoms with E-state index in [-0.39, 0.29) is 11.5 Å². The van der Waals surface area contributed by atoms with Crippen LogP contribution in [0.15, 0.2) is 53.5 Å². The number of anilines is 1. The number of rotatable bonds is 2. The summed E-state index contributed by atoms with van der Waals surface area (Å²) in [6.45, 7) is 3.88. The smallest absolute Gasteiger partial charge is 0.272 e. The van der Waals surface area contributed by atoms with Crippen molar-refractivity contribution in [3.8, 4) is 0 Å². The number of amides is 1. The molecule has 0 saturated heterocycles. The van der Waals surface area contributed by atoms with Gasteiger partial charge in [0.25, 0.3) is 11.5 Å². The summed E-state index contributed by atoms with van der Waals surface area (Å²) in [6, 6.07) is 12.9. The molecule has 0 bridgehead atoms. The highest BCUT2D eigenvalue weighted by atomic mass is 16.2.